The Morgan fingerprint density at radius 1 is 1.42 bits per heavy atom. The Labute approximate surface area is 109 Å². The maximum Gasteiger partial charge on any atom is 0.271 e. The Bertz CT molecular complexity index is 617. The van der Waals surface area contributed by atoms with Crippen LogP contribution in [-0.2, 0) is 6.54 Å². The first-order chi connectivity index (χ1) is 9.08. The van der Waals surface area contributed by atoms with Gasteiger partial charge in [-0.15, -0.1) is 0 Å². The lowest BCUT2D eigenvalue weighted by Crippen LogP contribution is -2.04. The summed E-state index contributed by atoms with van der Waals surface area (Å²) in [5.74, 6) is -0.521. The summed E-state index contributed by atoms with van der Waals surface area (Å²) in [4.78, 5) is 14.1. The number of hydrogen-bond acceptors (Lipinski definition) is 4. The van der Waals surface area contributed by atoms with Gasteiger partial charge in [-0.05, 0) is 30.2 Å². The Morgan fingerprint density at radius 3 is 2.89 bits per heavy atom. The van der Waals surface area contributed by atoms with Crippen LogP contribution >= 0.6 is 0 Å². The number of nitrogens with one attached hydrogen (secondary N) is 1. The molecule has 5 nitrogen and oxygen atoms in total. The second-order valence-electron chi connectivity index (χ2n) is 4.08. The van der Waals surface area contributed by atoms with Gasteiger partial charge < -0.3 is 5.32 Å². The van der Waals surface area contributed by atoms with Crippen molar-refractivity contribution in [1.82, 2.24) is 4.98 Å². The summed E-state index contributed by atoms with van der Waals surface area (Å²) in [5.41, 5.74) is 1.89. The third-order valence-corrected chi connectivity index (χ3v) is 2.78. The quantitative estimate of drug-likeness (QED) is 0.678. The molecule has 0 aliphatic carbocycles. The summed E-state index contributed by atoms with van der Waals surface area (Å²) in [5, 5.41) is 13.5. The van der Waals surface area contributed by atoms with Crippen molar-refractivity contribution < 1.29 is 9.31 Å². The van der Waals surface area contributed by atoms with Crippen LogP contribution < -0.4 is 5.32 Å². The Hall–Kier alpha value is -2.50. The third kappa shape index (κ3) is 3.04. The van der Waals surface area contributed by atoms with Gasteiger partial charge in [0.15, 0.2) is 0 Å². The molecule has 0 atom stereocenters. The fourth-order valence-corrected chi connectivity index (χ4v) is 1.63. The zero-order valence-electron chi connectivity index (χ0n) is 10.3. The maximum atomic E-state index is 13.5. The molecule has 2 aromatic rings. The average molecular weight is 261 g/mol. The van der Waals surface area contributed by atoms with Crippen LogP contribution in [0.4, 0.5) is 15.8 Å². The summed E-state index contributed by atoms with van der Waals surface area (Å²) in [6.07, 6.45) is 3.35. The van der Waals surface area contributed by atoms with Crippen molar-refractivity contribution in [3.8, 4) is 0 Å². The molecule has 1 aromatic heterocycles. The minimum Gasteiger partial charge on any atom is -0.378 e. The topological polar surface area (TPSA) is 68.1 Å². The van der Waals surface area contributed by atoms with E-state index in [2.05, 4.69) is 10.3 Å². The number of non-ortho nitro benzene ring substituents is 1. The monoisotopic (exact) mass is 261 g/mol. The molecule has 0 fully saturated rings. The van der Waals surface area contributed by atoms with Gasteiger partial charge in [-0.3, -0.25) is 15.1 Å². The summed E-state index contributed by atoms with van der Waals surface area (Å²) in [6, 6.07) is 5.24. The normalized spacial score (nSPS) is 10.2. The van der Waals surface area contributed by atoms with E-state index in [1.54, 1.807) is 12.4 Å². The first-order valence-electron chi connectivity index (χ1n) is 5.65. The van der Waals surface area contributed by atoms with E-state index >= 15 is 0 Å². The van der Waals surface area contributed by atoms with Gasteiger partial charge >= 0.3 is 0 Å². The molecule has 0 saturated carbocycles. The van der Waals surface area contributed by atoms with E-state index in [-0.39, 0.29) is 11.4 Å². The fourth-order valence-electron chi connectivity index (χ4n) is 1.63. The molecule has 6 heteroatoms. The first kappa shape index (κ1) is 12.9. The van der Waals surface area contributed by atoms with E-state index < -0.39 is 10.7 Å². The van der Waals surface area contributed by atoms with Crippen LogP contribution in [0.5, 0.6) is 0 Å². The number of pyridine rings is 1. The molecular formula is C13H12FN3O2. The molecule has 98 valence electrons. The summed E-state index contributed by atoms with van der Waals surface area (Å²) in [7, 11) is 0. The average Bonchev–Trinajstić information content (AvgIpc) is 2.39. The first-order valence-corrected chi connectivity index (χ1v) is 5.65. The van der Waals surface area contributed by atoms with Gasteiger partial charge in [0.1, 0.15) is 5.82 Å². The molecule has 1 heterocycles. The van der Waals surface area contributed by atoms with Crippen LogP contribution in [0.1, 0.15) is 11.1 Å². The van der Waals surface area contributed by atoms with Crippen molar-refractivity contribution >= 4 is 11.4 Å². The van der Waals surface area contributed by atoms with Crippen LogP contribution in [0.15, 0.2) is 36.7 Å². The predicted molar refractivity (Wildman–Crippen MR) is 69.4 cm³/mol. The number of anilines is 1. The summed E-state index contributed by atoms with van der Waals surface area (Å²) in [6.45, 7) is 2.28. The van der Waals surface area contributed by atoms with Crippen LogP contribution in [-0.4, -0.2) is 9.91 Å². The summed E-state index contributed by atoms with van der Waals surface area (Å²) >= 11 is 0. The van der Waals surface area contributed by atoms with E-state index in [1.807, 2.05) is 13.0 Å². The van der Waals surface area contributed by atoms with Gasteiger partial charge in [0.2, 0.25) is 0 Å². The molecule has 0 aliphatic rings. The Balaban J connectivity index is 2.17. The molecule has 0 aliphatic heterocycles. The van der Waals surface area contributed by atoms with Crippen LogP contribution in [0.3, 0.4) is 0 Å². The van der Waals surface area contributed by atoms with Crippen LogP contribution in [0.2, 0.25) is 0 Å². The van der Waals surface area contributed by atoms with Gasteiger partial charge in [-0.2, -0.15) is 0 Å². The molecule has 19 heavy (non-hydrogen) atoms. The minimum atomic E-state index is -0.556. The number of nitrogens with zero attached hydrogens (tertiary/aromatic N) is 2. The number of nitro groups is 1. The fraction of sp³-hybridized carbons (Fsp3) is 0.154. The number of hydrogen-bond donors (Lipinski definition) is 1. The number of halogens is 1. The largest absolute Gasteiger partial charge is 0.378 e. The molecule has 1 aromatic carbocycles. The van der Waals surface area contributed by atoms with Crippen LogP contribution in [0, 0.1) is 22.9 Å². The van der Waals surface area contributed by atoms with Gasteiger partial charge in [0, 0.05) is 31.1 Å². The van der Waals surface area contributed by atoms with Crippen molar-refractivity contribution in [2.45, 2.75) is 13.5 Å². The minimum absolute atomic E-state index is 0.109. The molecule has 0 radical (unpaired) electrons. The number of benzene rings is 1. The predicted octanol–water partition coefficient (Wildman–Crippen LogP) is 3.05. The highest BCUT2D eigenvalue weighted by molar-refractivity contribution is 5.52. The maximum absolute atomic E-state index is 13.5. The van der Waals surface area contributed by atoms with Gasteiger partial charge in [-0.25, -0.2) is 4.39 Å². The molecule has 2 rings (SSSR count). The van der Waals surface area contributed by atoms with Crippen molar-refractivity contribution in [1.29, 1.82) is 0 Å². The molecule has 0 unspecified atom stereocenters. The molecule has 0 spiro atoms. The Morgan fingerprint density at radius 2 is 2.21 bits per heavy atom. The SMILES string of the molecule is Cc1ccncc1CNc1cc([N+](=O)[O-])ccc1F. The van der Waals surface area contributed by atoms with Crippen molar-refractivity contribution in [3.63, 3.8) is 0 Å². The lowest BCUT2D eigenvalue weighted by molar-refractivity contribution is -0.384. The highest BCUT2D eigenvalue weighted by Crippen LogP contribution is 2.22. The van der Waals surface area contributed by atoms with E-state index in [9.17, 15) is 14.5 Å². The second-order valence-corrected chi connectivity index (χ2v) is 4.08. The molecule has 0 saturated heterocycles. The molecule has 0 bridgehead atoms. The zero-order chi connectivity index (χ0) is 13.8. The number of aromatic nitrogens is 1. The van der Waals surface area contributed by atoms with Crippen LogP contribution in [0.25, 0.3) is 0 Å². The van der Waals surface area contributed by atoms with E-state index in [0.717, 1.165) is 23.3 Å². The van der Waals surface area contributed by atoms with E-state index in [0.29, 0.717) is 6.54 Å². The lowest BCUT2D eigenvalue weighted by atomic mass is 10.1. The molecule has 0 amide bonds. The zero-order valence-corrected chi connectivity index (χ0v) is 10.3. The van der Waals surface area contributed by atoms with Crippen molar-refractivity contribution in [2.75, 3.05) is 5.32 Å². The van der Waals surface area contributed by atoms with Gasteiger partial charge in [-0.1, -0.05) is 0 Å². The van der Waals surface area contributed by atoms with Gasteiger partial charge in [0.05, 0.1) is 10.6 Å². The second kappa shape index (κ2) is 5.43. The molecule has 1 N–H and O–H groups in total. The highest BCUT2D eigenvalue weighted by atomic mass is 19.1. The molecular weight excluding hydrogens is 249 g/mol. The highest BCUT2D eigenvalue weighted by Gasteiger charge is 2.10. The smallest absolute Gasteiger partial charge is 0.271 e. The number of nitro benzene ring substituents is 1. The summed E-state index contributed by atoms with van der Waals surface area (Å²) < 4.78 is 13.5. The number of rotatable bonds is 4. The number of aryl methyl sites for hydroxylation is 1. The van der Waals surface area contributed by atoms with Gasteiger partial charge in [0.25, 0.3) is 5.69 Å². The standard InChI is InChI=1S/C13H12FN3O2/c1-9-4-5-15-7-10(9)8-16-13-6-11(17(18)19)2-3-12(13)14/h2-7,16H,8H2,1H3. The van der Waals surface area contributed by atoms with E-state index in [1.165, 1.54) is 6.07 Å². The van der Waals surface area contributed by atoms with Crippen molar-refractivity contribution in [2.24, 2.45) is 0 Å². The lowest BCUT2D eigenvalue weighted by Gasteiger charge is -2.09. The van der Waals surface area contributed by atoms with Crippen molar-refractivity contribution in [3.05, 3.63) is 63.7 Å². The van der Waals surface area contributed by atoms with E-state index in [4.69, 9.17) is 0 Å². The third-order valence-electron chi connectivity index (χ3n) is 2.78. The Kier molecular flexibility index (Phi) is 3.70.